The number of esters is 1. The zero-order valence-corrected chi connectivity index (χ0v) is 21.2. The van der Waals surface area contributed by atoms with Crippen LogP contribution in [-0.4, -0.2) is 66.8 Å². The molecule has 0 saturated heterocycles. The molecule has 2 aromatic rings. The molecule has 9 heteroatoms. The van der Waals surface area contributed by atoms with Gasteiger partial charge in [0, 0.05) is 43.9 Å². The fraction of sp³-hybridized carbons (Fsp3) is 0.481. The Balaban J connectivity index is 2.24. The Hall–Kier alpha value is -2.88. The number of ether oxygens (including phenoxy) is 1. The molecule has 0 fully saturated rings. The van der Waals surface area contributed by atoms with Crippen molar-refractivity contribution in [1.29, 1.82) is 0 Å². The van der Waals surface area contributed by atoms with Crippen LogP contribution in [0.1, 0.15) is 58.5 Å². The van der Waals surface area contributed by atoms with Gasteiger partial charge in [0.05, 0.1) is 12.2 Å². The van der Waals surface area contributed by atoms with E-state index in [-0.39, 0.29) is 37.6 Å². The molecule has 0 unspecified atom stereocenters. The van der Waals surface area contributed by atoms with E-state index in [0.717, 1.165) is 24.5 Å². The Kier molecular flexibility index (Phi) is 11.9. The molecule has 0 spiro atoms. The third kappa shape index (κ3) is 8.96. The Morgan fingerprint density at radius 3 is 2.22 bits per heavy atom. The highest BCUT2D eigenvalue weighted by molar-refractivity contribution is 5.98. The first kappa shape index (κ1) is 29.4. The number of nitrogens with zero attached hydrogens (tertiary/aromatic N) is 1. The Labute approximate surface area is 211 Å². The number of benzene rings is 2. The van der Waals surface area contributed by atoms with Crippen LogP contribution in [0.3, 0.4) is 0 Å². The second kappa shape index (κ2) is 14.6. The lowest BCUT2D eigenvalue weighted by molar-refractivity contribution is 0.0237. The number of halogens is 2. The second-order valence-corrected chi connectivity index (χ2v) is 8.90. The number of nitrogens with two attached hydrogens (primary N) is 1. The van der Waals surface area contributed by atoms with E-state index >= 15 is 0 Å². The highest BCUT2D eigenvalue weighted by Crippen LogP contribution is 2.17. The summed E-state index contributed by atoms with van der Waals surface area (Å²) in [4.78, 5) is 27.9. The van der Waals surface area contributed by atoms with E-state index in [2.05, 4.69) is 5.32 Å². The highest BCUT2D eigenvalue weighted by Gasteiger charge is 2.25. The summed E-state index contributed by atoms with van der Waals surface area (Å²) in [5, 5.41) is 12.0. The van der Waals surface area contributed by atoms with Gasteiger partial charge in [0.15, 0.2) is 0 Å². The van der Waals surface area contributed by atoms with Crippen molar-refractivity contribution in [3.8, 4) is 0 Å². The lowest BCUT2D eigenvalue weighted by Gasteiger charge is -2.25. The summed E-state index contributed by atoms with van der Waals surface area (Å²) in [6.07, 6.45) is 0.852. The van der Waals surface area contributed by atoms with E-state index in [9.17, 15) is 18.4 Å². The van der Waals surface area contributed by atoms with Gasteiger partial charge in [-0.2, -0.15) is 0 Å². The fourth-order valence-corrected chi connectivity index (χ4v) is 4.00. The van der Waals surface area contributed by atoms with Gasteiger partial charge in [0.1, 0.15) is 17.7 Å². The van der Waals surface area contributed by atoms with Crippen molar-refractivity contribution in [2.24, 2.45) is 5.73 Å². The minimum atomic E-state index is -0.855. The number of carbonyl (C=O) groups is 2. The van der Waals surface area contributed by atoms with Crippen LogP contribution < -0.4 is 11.1 Å². The van der Waals surface area contributed by atoms with Crippen LogP contribution in [0.5, 0.6) is 0 Å². The number of hydrogen-bond donors (Lipinski definition) is 3. The molecule has 198 valence electrons. The standard InChI is InChI=1S/C27H37F2N3O4/c1-4-7-32(8-5-2)26(34)20-10-18(3)11-21(15-20)27(35)36-25(17-31-6-9-33)24(30)14-19-12-22(28)16-23(29)13-19/h10-13,15-16,24-25,31,33H,4-9,14,17,30H2,1-3H3/t24-,25+/m0/s1. The van der Waals surface area contributed by atoms with Crippen molar-refractivity contribution in [2.45, 2.75) is 52.2 Å². The van der Waals surface area contributed by atoms with Gasteiger partial charge in [0.2, 0.25) is 0 Å². The van der Waals surface area contributed by atoms with Crippen molar-refractivity contribution in [2.75, 3.05) is 32.8 Å². The van der Waals surface area contributed by atoms with Gasteiger partial charge in [-0.05, 0) is 67.6 Å². The van der Waals surface area contributed by atoms with Gasteiger partial charge in [-0.1, -0.05) is 13.8 Å². The molecule has 0 aromatic heterocycles. The Morgan fingerprint density at radius 1 is 1.03 bits per heavy atom. The van der Waals surface area contributed by atoms with Gasteiger partial charge in [-0.15, -0.1) is 0 Å². The Bertz CT molecular complexity index is 992. The number of aliphatic hydroxyl groups is 1. The summed E-state index contributed by atoms with van der Waals surface area (Å²) in [6.45, 7) is 7.29. The molecule has 0 aliphatic heterocycles. The first-order valence-corrected chi connectivity index (χ1v) is 12.3. The minimum Gasteiger partial charge on any atom is -0.456 e. The number of aryl methyl sites for hydroxylation is 1. The zero-order valence-electron chi connectivity index (χ0n) is 21.2. The summed E-state index contributed by atoms with van der Waals surface area (Å²) >= 11 is 0. The molecular weight excluding hydrogens is 468 g/mol. The maximum Gasteiger partial charge on any atom is 0.338 e. The first-order valence-electron chi connectivity index (χ1n) is 12.3. The monoisotopic (exact) mass is 505 g/mol. The summed E-state index contributed by atoms with van der Waals surface area (Å²) in [7, 11) is 0. The van der Waals surface area contributed by atoms with Crippen LogP contribution in [0.4, 0.5) is 8.78 Å². The molecule has 0 radical (unpaired) electrons. The molecular formula is C27H37F2N3O4. The van der Waals surface area contributed by atoms with Crippen LogP contribution in [0, 0.1) is 18.6 Å². The molecule has 4 N–H and O–H groups in total. The molecule has 0 bridgehead atoms. The Morgan fingerprint density at radius 2 is 1.64 bits per heavy atom. The third-order valence-electron chi connectivity index (χ3n) is 5.60. The van der Waals surface area contributed by atoms with Crippen molar-refractivity contribution >= 4 is 11.9 Å². The minimum absolute atomic E-state index is 0.0635. The largest absolute Gasteiger partial charge is 0.456 e. The van der Waals surface area contributed by atoms with Gasteiger partial charge < -0.3 is 25.8 Å². The molecule has 0 heterocycles. The predicted molar refractivity (Wildman–Crippen MR) is 135 cm³/mol. The molecule has 2 rings (SSSR count). The van der Waals surface area contributed by atoms with E-state index in [1.165, 1.54) is 18.2 Å². The molecule has 1 amide bonds. The summed E-state index contributed by atoms with van der Waals surface area (Å²) < 4.78 is 32.9. The second-order valence-electron chi connectivity index (χ2n) is 8.90. The SMILES string of the molecule is CCCN(CCC)C(=O)c1cc(C)cc(C(=O)O[C@H](CNCCO)[C@@H](N)Cc2cc(F)cc(F)c2)c1. The van der Waals surface area contributed by atoms with Gasteiger partial charge in [-0.25, -0.2) is 13.6 Å². The molecule has 2 atom stereocenters. The van der Waals surface area contributed by atoms with E-state index < -0.39 is 29.7 Å². The topological polar surface area (TPSA) is 105 Å². The van der Waals surface area contributed by atoms with E-state index in [1.54, 1.807) is 24.0 Å². The molecule has 0 aliphatic carbocycles. The number of amides is 1. The maximum atomic E-state index is 13.6. The highest BCUT2D eigenvalue weighted by atomic mass is 19.1. The first-order chi connectivity index (χ1) is 17.2. The number of rotatable bonds is 14. The van der Waals surface area contributed by atoms with Gasteiger partial charge >= 0.3 is 5.97 Å². The van der Waals surface area contributed by atoms with Crippen molar-refractivity contribution in [3.63, 3.8) is 0 Å². The van der Waals surface area contributed by atoms with Crippen molar-refractivity contribution in [3.05, 3.63) is 70.3 Å². The van der Waals surface area contributed by atoms with Gasteiger partial charge in [0.25, 0.3) is 5.91 Å². The van der Waals surface area contributed by atoms with E-state index in [0.29, 0.717) is 24.2 Å². The van der Waals surface area contributed by atoms with Crippen LogP contribution >= 0.6 is 0 Å². The summed E-state index contributed by atoms with van der Waals surface area (Å²) in [5.74, 6) is -2.26. The number of carbonyl (C=O) groups excluding carboxylic acids is 2. The van der Waals surface area contributed by atoms with E-state index in [4.69, 9.17) is 15.6 Å². The van der Waals surface area contributed by atoms with Crippen LogP contribution in [0.15, 0.2) is 36.4 Å². The molecule has 2 aromatic carbocycles. The molecule has 0 aliphatic rings. The third-order valence-corrected chi connectivity index (χ3v) is 5.60. The lowest BCUT2D eigenvalue weighted by atomic mass is 10.0. The molecule has 0 saturated carbocycles. The van der Waals surface area contributed by atoms with Crippen molar-refractivity contribution in [1.82, 2.24) is 10.2 Å². The number of aliphatic hydroxyl groups excluding tert-OH is 1. The lowest BCUT2D eigenvalue weighted by Crippen LogP contribution is -2.46. The molecule has 36 heavy (non-hydrogen) atoms. The van der Waals surface area contributed by atoms with Crippen LogP contribution in [0.2, 0.25) is 0 Å². The van der Waals surface area contributed by atoms with Crippen molar-refractivity contribution < 1.29 is 28.2 Å². The van der Waals surface area contributed by atoms with Crippen LogP contribution in [0.25, 0.3) is 0 Å². The average Bonchev–Trinajstić information content (AvgIpc) is 2.81. The normalized spacial score (nSPS) is 12.8. The quantitative estimate of drug-likeness (QED) is 0.269. The molecule has 7 nitrogen and oxygen atoms in total. The van der Waals surface area contributed by atoms with Crippen LogP contribution in [-0.2, 0) is 11.2 Å². The maximum absolute atomic E-state index is 13.6. The van der Waals surface area contributed by atoms with E-state index in [1.807, 2.05) is 13.8 Å². The number of nitrogens with one attached hydrogen (secondary N) is 1. The summed E-state index contributed by atoms with van der Waals surface area (Å²) in [6, 6.07) is 7.24. The van der Waals surface area contributed by atoms with Gasteiger partial charge in [-0.3, -0.25) is 4.79 Å². The average molecular weight is 506 g/mol. The number of hydrogen-bond acceptors (Lipinski definition) is 6. The summed E-state index contributed by atoms with van der Waals surface area (Å²) in [5.41, 5.74) is 7.96. The fourth-order valence-electron chi connectivity index (χ4n) is 4.00. The smallest absolute Gasteiger partial charge is 0.338 e. The zero-order chi connectivity index (χ0) is 26.7. The predicted octanol–water partition coefficient (Wildman–Crippen LogP) is 3.21.